The Hall–Kier alpha value is -3.22. The molecule has 0 fully saturated rings. The summed E-state index contributed by atoms with van der Waals surface area (Å²) in [5, 5.41) is 18.6. The van der Waals surface area contributed by atoms with Gasteiger partial charge in [0.05, 0.1) is 18.3 Å². The number of aromatic nitrogens is 5. The molecule has 120 valence electrons. The Morgan fingerprint density at radius 1 is 1.17 bits per heavy atom. The average Bonchev–Trinajstić information content (AvgIpc) is 2.91. The van der Waals surface area contributed by atoms with Crippen LogP contribution in [0.25, 0.3) is 28.1 Å². The van der Waals surface area contributed by atoms with Gasteiger partial charge in [0.25, 0.3) is 0 Å². The van der Waals surface area contributed by atoms with Crippen LogP contribution in [-0.2, 0) is 0 Å². The molecule has 0 amide bonds. The van der Waals surface area contributed by atoms with Crippen LogP contribution in [0.1, 0.15) is 11.3 Å². The Kier molecular flexibility index (Phi) is 3.09. The van der Waals surface area contributed by atoms with Crippen molar-refractivity contribution in [3.63, 3.8) is 0 Å². The first-order chi connectivity index (χ1) is 11.6. The van der Waals surface area contributed by atoms with Gasteiger partial charge in [-0.3, -0.25) is 9.38 Å². The largest absolute Gasteiger partial charge is 0.508 e. The van der Waals surface area contributed by atoms with Crippen molar-refractivity contribution >= 4 is 16.7 Å². The fourth-order valence-corrected chi connectivity index (χ4v) is 2.87. The first-order valence-corrected chi connectivity index (χ1v) is 7.43. The smallest absolute Gasteiger partial charge is 0.183 e. The molecule has 0 aliphatic rings. The van der Waals surface area contributed by atoms with E-state index in [1.165, 1.54) is 13.2 Å². The van der Waals surface area contributed by atoms with Crippen LogP contribution >= 0.6 is 0 Å². The maximum absolute atomic E-state index is 10.1. The van der Waals surface area contributed by atoms with Crippen LogP contribution in [0.4, 0.5) is 0 Å². The summed E-state index contributed by atoms with van der Waals surface area (Å²) in [4.78, 5) is 8.80. The molecule has 24 heavy (non-hydrogen) atoms. The van der Waals surface area contributed by atoms with Crippen LogP contribution in [0.5, 0.6) is 11.5 Å². The monoisotopic (exact) mass is 321 g/mol. The summed E-state index contributed by atoms with van der Waals surface area (Å²) in [6.07, 6.45) is 3.52. The van der Waals surface area contributed by atoms with Gasteiger partial charge in [-0.05, 0) is 25.5 Å². The predicted molar refractivity (Wildman–Crippen MR) is 89.2 cm³/mol. The number of fused-ring (bicyclic) bond motifs is 3. The Bertz CT molecular complexity index is 1090. The van der Waals surface area contributed by atoms with Crippen LogP contribution in [0.15, 0.2) is 30.6 Å². The summed E-state index contributed by atoms with van der Waals surface area (Å²) >= 11 is 0. The lowest BCUT2D eigenvalue weighted by molar-refractivity contribution is 0.411. The second-order valence-corrected chi connectivity index (χ2v) is 5.59. The van der Waals surface area contributed by atoms with Crippen molar-refractivity contribution in [2.75, 3.05) is 7.11 Å². The minimum Gasteiger partial charge on any atom is -0.508 e. The van der Waals surface area contributed by atoms with E-state index in [9.17, 15) is 5.11 Å². The molecule has 0 atom stereocenters. The maximum Gasteiger partial charge on any atom is 0.183 e. The van der Waals surface area contributed by atoms with Crippen molar-refractivity contribution in [2.45, 2.75) is 13.8 Å². The Morgan fingerprint density at radius 2 is 2.00 bits per heavy atom. The average molecular weight is 321 g/mol. The number of aryl methyl sites for hydroxylation is 2. The molecule has 3 aromatic heterocycles. The van der Waals surface area contributed by atoms with Crippen LogP contribution in [0, 0.1) is 13.8 Å². The van der Waals surface area contributed by atoms with Gasteiger partial charge in [-0.25, -0.2) is 4.98 Å². The molecule has 0 aliphatic carbocycles. The topological polar surface area (TPSA) is 85.4 Å². The molecule has 0 aliphatic heterocycles. The fourth-order valence-electron chi connectivity index (χ4n) is 2.87. The fraction of sp³-hybridized carbons (Fsp3) is 0.176. The number of imidazole rings is 1. The van der Waals surface area contributed by atoms with Gasteiger partial charge in [0.2, 0.25) is 0 Å². The highest BCUT2D eigenvalue weighted by atomic mass is 16.5. The van der Waals surface area contributed by atoms with E-state index in [1.54, 1.807) is 18.5 Å². The number of pyridine rings is 1. The number of aromatic hydroxyl groups is 1. The van der Waals surface area contributed by atoms with E-state index in [1.807, 2.05) is 24.3 Å². The first kappa shape index (κ1) is 14.4. The van der Waals surface area contributed by atoms with Crippen molar-refractivity contribution in [2.24, 2.45) is 0 Å². The van der Waals surface area contributed by atoms with Gasteiger partial charge in [-0.1, -0.05) is 0 Å². The molecule has 0 saturated carbocycles. The molecule has 0 saturated heterocycles. The third-order valence-electron chi connectivity index (χ3n) is 4.03. The van der Waals surface area contributed by atoms with Gasteiger partial charge in [-0.2, -0.15) is 0 Å². The van der Waals surface area contributed by atoms with Crippen molar-refractivity contribution in [1.29, 1.82) is 0 Å². The second kappa shape index (κ2) is 5.16. The van der Waals surface area contributed by atoms with E-state index in [2.05, 4.69) is 20.2 Å². The lowest BCUT2D eigenvalue weighted by atomic mass is 10.1. The van der Waals surface area contributed by atoms with Crippen LogP contribution in [-0.4, -0.2) is 36.8 Å². The molecule has 7 heteroatoms. The molecule has 0 radical (unpaired) electrons. The molecule has 7 nitrogen and oxygen atoms in total. The highest BCUT2D eigenvalue weighted by Crippen LogP contribution is 2.32. The van der Waals surface area contributed by atoms with Gasteiger partial charge < -0.3 is 9.84 Å². The molecular weight excluding hydrogens is 306 g/mol. The summed E-state index contributed by atoms with van der Waals surface area (Å²) in [6, 6.07) is 5.07. The minimum atomic E-state index is 0.0948. The van der Waals surface area contributed by atoms with Crippen LogP contribution in [0.3, 0.4) is 0 Å². The van der Waals surface area contributed by atoms with Crippen LogP contribution in [0.2, 0.25) is 0 Å². The van der Waals surface area contributed by atoms with E-state index >= 15 is 0 Å². The highest BCUT2D eigenvalue weighted by molar-refractivity contribution is 5.86. The van der Waals surface area contributed by atoms with Crippen LogP contribution < -0.4 is 4.74 Å². The number of methoxy groups -OCH3 is 1. The molecule has 4 rings (SSSR count). The lowest BCUT2D eigenvalue weighted by Crippen LogP contribution is -2.00. The quantitative estimate of drug-likeness (QED) is 0.611. The van der Waals surface area contributed by atoms with Gasteiger partial charge in [0.15, 0.2) is 16.9 Å². The summed E-state index contributed by atoms with van der Waals surface area (Å²) in [6.45, 7) is 3.86. The van der Waals surface area contributed by atoms with E-state index in [4.69, 9.17) is 4.74 Å². The summed E-state index contributed by atoms with van der Waals surface area (Å²) in [7, 11) is 1.53. The summed E-state index contributed by atoms with van der Waals surface area (Å²) < 4.78 is 7.22. The zero-order valence-corrected chi connectivity index (χ0v) is 13.5. The Labute approximate surface area is 137 Å². The third-order valence-corrected chi connectivity index (χ3v) is 4.03. The van der Waals surface area contributed by atoms with E-state index in [0.717, 1.165) is 22.6 Å². The lowest BCUT2D eigenvalue weighted by Gasteiger charge is -2.09. The van der Waals surface area contributed by atoms with Gasteiger partial charge in [0.1, 0.15) is 11.6 Å². The van der Waals surface area contributed by atoms with Crippen molar-refractivity contribution in [1.82, 2.24) is 24.6 Å². The summed E-state index contributed by atoms with van der Waals surface area (Å²) in [5.74, 6) is 1.29. The molecule has 0 unspecified atom stereocenters. The zero-order chi connectivity index (χ0) is 16.8. The molecule has 1 N–H and O–H groups in total. The first-order valence-electron chi connectivity index (χ1n) is 7.43. The number of ether oxygens (including phenoxy) is 1. The molecule has 0 spiro atoms. The maximum atomic E-state index is 10.1. The van der Waals surface area contributed by atoms with E-state index in [-0.39, 0.29) is 5.75 Å². The van der Waals surface area contributed by atoms with Crippen molar-refractivity contribution < 1.29 is 9.84 Å². The molecular formula is C17H15N5O2. The SMILES string of the molecule is COc1cc(O)cc2c1nnc1c(C)nc(-c3ccncc3C)n12. The minimum absolute atomic E-state index is 0.0948. The number of rotatable bonds is 2. The number of phenols is 1. The standard InChI is InChI=1S/C17H15N5O2/c1-9-8-18-5-4-12(9)17-19-10(2)16-21-20-15-13(22(16)17)6-11(23)7-14(15)24-3/h4-8,23H,1-3H3. The van der Waals surface area contributed by atoms with Crippen molar-refractivity contribution in [3.05, 3.63) is 41.9 Å². The number of hydrogen-bond donors (Lipinski definition) is 1. The molecule has 0 bridgehead atoms. The van der Waals surface area contributed by atoms with Crippen molar-refractivity contribution in [3.8, 4) is 22.9 Å². The Balaban J connectivity index is 2.20. The Morgan fingerprint density at radius 3 is 2.75 bits per heavy atom. The highest BCUT2D eigenvalue weighted by Gasteiger charge is 2.18. The predicted octanol–water partition coefficient (Wildman–Crippen LogP) is 2.67. The van der Waals surface area contributed by atoms with Gasteiger partial charge in [0, 0.05) is 30.1 Å². The number of benzene rings is 1. The van der Waals surface area contributed by atoms with Gasteiger partial charge >= 0.3 is 0 Å². The number of nitrogens with zero attached hydrogens (tertiary/aromatic N) is 5. The second-order valence-electron chi connectivity index (χ2n) is 5.59. The molecule has 1 aromatic carbocycles. The number of phenolic OH excluding ortho intramolecular Hbond substituents is 1. The third kappa shape index (κ3) is 1.98. The van der Waals surface area contributed by atoms with E-state index in [0.29, 0.717) is 22.4 Å². The molecule has 3 heterocycles. The van der Waals surface area contributed by atoms with E-state index < -0.39 is 0 Å². The normalized spacial score (nSPS) is 11.3. The number of hydrogen-bond acceptors (Lipinski definition) is 6. The van der Waals surface area contributed by atoms with Gasteiger partial charge in [-0.15, -0.1) is 10.2 Å². The zero-order valence-electron chi connectivity index (χ0n) is 13.5. The molecule has 4 aromatic rings. The summed E-state index contributed by atoms with van der Waals surface area (Å²) in [5.41, 5.74) is 4.60.